The molecule has 2 aromatic rings. The lowest BCUT2D eigenvalue weighted by Gasteiger charge is -2.30. The molecule has 0 unspecified atom stereocenters. The maximum atomic E-state index is 12.5. The fourth-order valence-corrected chi connectivity index (χ4v) is 5.02. The van der Waals surface area contributed by atoms with Crippen molar-refractivity contribution in [2.75, 3.05) is 4.72 Å². The number of hydrogen-bond donors (Lipinski definition) is 1. The van der Waals surface area contributed by atoms with E-state index in [1.165, 1.54) is 0 Å². The first-order valence-electron chi connectivity index (χ1n) is 9.39. The van der Waals surface area contributed by atoms with Crippen LogP contribution in [0.4, 0.5) is 5.13 Å². The molecule has 0 radical (unpaired) electrons. The lowest BCUT2D eigenvalue weighted by atomic mass is 10.1. The van der Waals surface area contributed by atoms with Crippen molar-refractivity contribution in [1.29, 1.82) is 0 Å². The fraction of sp³-hybridized carbons (Fsp3) is 0.526. The average Bonchev–Trinajstić information content (AvgIpc) is 3.01. The highest BCUT2D eigenvalue weighted by molar-refractivity contribution is 7.93. The van der Waals surface area contributed by atoms with Crippen LogP contribution >= 0.6 is 11.3 Å². The molecule has 1 heterocycles. The van der Waals surface area contributed by atoms with Crippen LogP contribution < -0.4 is 4.72 Å². The third kappa shape index (κ3) is 5.75. The molecule has 0 fully saturated rings. The van der Waals surface area contributed by atoms with Gasteiger partial charge in [0.2, 0.25) is 11.0 Å². The van der Waals surface area contributed by atoms with Gasteiger partial charge in [-0.25, -0.2) is 8.42 Å². The molecule has 1 amide bonds. The first kappa shape index (κ1) is 22.3. The first-order chi connectivity index (χ1) is 13.1. The molecular weight excluding hydrogens is 396 g/mol. The van der Waals surface area contributed by atoms with Crippen molar-refractivity contribution < 1.29 is 13.2 Å². The number of amides is 1. The molecular formula is C19H28N4O3S2. The number of nitrogens with one attached hydrogen (secondary N) is 1. The predicted molar refractivity (Wildman–Crippen MR) is 112 cm³/mol. The second kappa shape index (κ2) is 9.47. The molecule has 2 rings (SSSR count). The first-order valence-corrected chi connectivity index (χ1v) is 11.7. The van der Waals surface area contributed by atoms with E-state index in [2.05, 4.69) is 21.8 Å². The predicted octanol–water partition coefficient (Wildman–Crippen LogP) is 3.48. The third-order valence-electron chi connectivity index (χ3n) is 4.16. The van der Waals surface area contributed by atoms with E-state index in [-0.39, 0.29) is 34.4 Å². The zero-order chi connectivity index (χ0) is 20.9. The van der Waals surface area contributed by atoms with Gasteiger partial charge in [-0.2, -0.15) is 0 Å². The van der Waals surface area contributed by atoms with Crippen LogP contribution in [-0.4, -0.2) is 41.5 Å². The van der Waals surface area contributed by atoms with Gasteiger partial charge in [0.25, 0.3) is 10.0 Å². The topological polar surface area (TPSA) is 92.3 Å². The van der Waals surface area contributed by atoms with Gasteiger partial charge in [0.1, 0.15) is 5.01 Å². The van der Waals surface area contributed by atoms with Gasteiger partial charge in [-0.3, -0.25) is 9.52 Å². The van der Waals surface area contributed by atoms with Crippen molar-refractivity contribution in [3.8, 4) is 0 Å². The fourth-order valence-electron chi connectivity index (χ4n) is 3.06. The number of aryl methyl sites for hydroxylation is 1. The van der Waals surface area contributed by atoms with E-state index in [1.807, 2.05) is 39.8 Å². The Bertz CT molecular complexity index is 882. The van der Waals surface area contributed by atoms with Crippen molar-refractivity contribution in [3.63, 3.8) is 0 Å². The summed E-state index contributed by atoms with van der Waals surface area (Å²) in [5.41, 5.74) is 1.10. The van der Waals surface area contributed by atoms with Crippen LogP contribution in [-0.2, 0) is 27.7 Å². The van der Waals surface area contributed by atoms with E-state index in [4.69, 9.17) is 0 Å². The van der Waals surface area contributed by atoms with Crippen LogP contribution in [0.5, 0.6) is 0 Å². The molecule has 1 aromatic carbocycles. The second-order valence-corrected chi connectivity index (χ2v) is 9.91. The van der Waals surface area contributed by atoms with E-state index in [0.29, 0.717) is 5.01 Å². The molecule has 0 aliphatic carbocycles. The summed E-state index contributed by atoms with van der Waals surface area (Å²) in [7, 11) is -3.74. The number of anilines is 1. The molecule has 0 atom stereocenters. The minimum atomic E-state index is -3.74. The monoisotopic (exact) mass is 424 g/mol. The summed E-state index contributed by atoms with van der Waals surface area (Å²) in [5.74, 6) is -0.0536. The Hall–Kier alpha value is -2.00. The van der Waals surface area contributed by atoms with Crippen LogP contribution in [0, 0.1) is 0 Å². The number of aromatic nitrogens is 2. The van der Waals surface area contributed by atoms with E-state index in [9.17, 15) is 13.2 Å². The quantitative estimate of drug-likeness (QED) is 0.665. The highest BCUT2D eigenvalue weighted by atomic mass is 32.2. The van der Waals surface area contributed by atoms with Gasteiger partial charge in [0.05, 0.1) is 11.3 Å². The van der Waals surface area contributed by atoms with E-state index < -0.39 is 10.0 Å². The Labute approximate surface area is 171 Å². The highest BCUT2D eigenvalue weighted by Crippen LogP contribution is 2.22. The molecule has 0 saturated heterocycles. The third-order valence-corrected chi connectivity index (χ3v) is 6.49. The van der Waals surface area contributed by atoms with Crippen LogP contribution in [0.15, 0.2) is 29.2 Å². The minimum Gasteiger partial charge on any atom is -0.337 e. The van der Waals surface area contributed by atoms with Gasteiger partial charge in [0.15, 0.2) is 0 Å². The molecule has 0 saturated carbocycles. The molecule has 28 heavy (non-hydrogen) atoms. The zero-order valence-corrected chi connectivity index (χ0v) is 18.6. The van der Waals surface area contributed by atoms with Crippen molar-refractivity contribution in [3.05, 3.63) is 34.8 Å². The Kier molecular flexibility index (Phi) is 7.54. The van der Waals surface area contributed by atoms with Crippen LogP contribution in [0.3, 0.4) is 0 Å². The molecule has 0 spiro atoms. The Morgan fingerprint density at radius 1 is 1.11 bits per heavy atom. The molecule has 0 aliphatic rings. The van der Waals surface area contributed by atoms with Gasteiger partial charge in [-0.05, 0) is 51.8 Å². The maximum absolute atomic E-state index is 12.5. The van der Waals surface area contributed by atoms with E-state index in [0.717, 1.165) is 29.7 Å². The molecule has 9 heteroatoms. The summed E-state index contributed by atoms with van der Waals surface area (Å²) >= 11 is 1.07. The van der Waals surface area contributed by atoms with Gasteiger partial charge in [-0.1, -0.05) is 36.8 Å². The summed E-state index contributed by atoms with van der Waals surface area (Å²) in [6, 6.07) is 6.95. The van der Waals surface area contributed by atoms with Crippen LogP contribution in [0.1, 0.15) is 51.6 Å². The van der Waals surface area contributed by atoms with Crippen LogP contribution in [0.25, 0.3) is 0 Å². The summed E-state index contributed by atoms with van der Waals surface area (Å²) in [6.07, 6.45) is 2.01. The van der Waals surface area contributed by atoms with Gasteiger partial charge in [-0.15, -0.1) is 10.2 Å². The lowest BCUT2D eigenvalue weighted by molar-refractivity contribution is -0.134. The Balaban J connectivity index is 2.08. The van der Waals surface area contributed by atoms with Crippen molar-refractivity contribution >= 4 is 32.4 Å². The molecule has 1 aromatic heterocycles. The average molecular weight is 425 g/mol. The summed E-state index contributed by atoms with van der Waals surface area (Å²) < 4.78 is 27.5. The van der Waals surface area contributed by atoms with Crippen molar-refractivity contribution in [2.24, 2.45) is 0 Å². The number of carbonyl (C=O) groups excluding carboxylic acids is 1. The van der Waals surface area contributed by atoms with Crippen molar-refractivity contribution in [2.45, 2.75) is 70.9 Å². The number of benzene rings is 1. The molecule has 154 valence electrons. The lowest BCUT2D eigenvalue weighted by Crippen LogP contribution is -2.42. The van der Waals surface area contributed by atoms with Crippen LogP contribution in [0.2, 0.25) is 0 Å². The second-order valence-electron chi connectivity index (χ2n) is 7.17. The number of rotatable bonds is 9. The summed E-state index contributed by atoms with van der Waals surface area (Å²) in [4.78, 5) is 14.5. The largest absolute Gasteiger partial charge is 0.337 e. The molecule has 0 bridgehead atoms. The Morgan fingerprint density at radius 3 is 2.25 bits per heavy atom. The number of hydrogen-bond acceptors (Lipinski definition) is 6. The van der Waals surface area contributed by atoms with Gasteiger partial charge < -0.3 is 4.90 Å². The highest BCUT2D eigenvalue weighted by Gasteiger charge is 2.23. The summed E-state index contributed by atoms with van der Waals surface area (Å²) in [5, 5.41) is 8.48. The van der Waals surface area contributed by atoms with Gasteiger partial charge >= 0.3 is 0 Å². The SMILES string of the molecule is CCCc1ccc(S(=O)(=O)Nc2nnc(CC(=O)N(C(C)C)C(C)C)s2)cc1. The van der Waals surface area contributed by atoms with E-state index in [1.54, 1.807) is 17.0 Å². The van der Waals surface area contributed by atoms with E-state index >= 15 is 0 Å². The Morgan fingerprint density at radius 2 is 1.71 bits per heavy atom. The normalized spacial score (nSPS) is 11.8. The maximum Gasteiger partial charge on any atom is 0.263 e. The standard InChI is InChI=1S/C19H28N4O3S2/c1-6-7-15-8-10-16(11-9-15)28(25,26)22-19-21-20-17(27-19)12-18(24)23(13(2)3)14(4)5/h8-11,13-14H,6-7,12H2,1-5H3,(H,21,22). The number of sulfonamides is 1. The number of carbonyl (C=O) groups is 1. The van der Waals surface area contributed by atoms with Gasteiger partial charge in [0, 0.05) is 12.1 Å². The zero-order valence-electron chi connectivity index (χ0n) is 17.0. The smallest absolute Gasteiger partial charge is 0.263 e. The molecule has 1 N–H and O–H groups in total. The van der Waals surface area contributed by atoms with Crippen molar-refractivity contribution in [1.82, 2.24) is 15.1 Å². The number of nitrogens with zero attached hydrogens (tertiary/aromatic N) is 3. The molecule has 0 aliphatic heterocycles. The molecule has 7 nitrogen and oxygen atoms in total. The minimum absolute atomic E-state index is 0.0536. The summed E-state index contributed by atoms with van der Waals surface area (Å²) in [6.45, 7) is 9.92.